The van der Waals surface area contributed by atoms with Gasteiger partial charge in [-0.3, -0.25) is 14.4 Å². The number of carbonyl (C=O) groups is 6. The van der Waals surface area contributed by atoms with Gasteiger partial charge in [0, 0.05) is 38.0 Å². The zero-order chi connectivity index (χ0) is 40.6. The Morgan fingerprint density at radius 3 is 2.20 bits per heavy atom. The molecular formula is C41H58N4O9S. The first-order chi connectivity index (χ1) is 26.0. The van der Waals surface area contributed by atoms with Crippen LogP contribution in [-0.4, -0.2) is 89.0 Å². The Morgan fingerprint density at radius 2 is 1.53 bits per heavy atom. The molecule has 2 atom stereocenters. The van der Waals surface area contributed by atoms with Crippen LogP contribution < -0.4 is 16.0 Å². The zero-order valence-electron chi connectivity index (χ0n) is 33.3. The Kier molecular flexibility index (Phi) is 17.5. The van der Waals surface area contributed by atoms with E-state index in [1.54, 1.807) is 49.6 Å². The molecule has 1 aliphatic heterocycles. The fraction of sp³-hybridized carbons (Fsp3) is 0.561. The van der Waals surface area contributed by atoms with E-state index in [1.165, 1.54) is 0 Å². The average molecular weight is 783 g/mol. The maximum Gasteiger partial charge on any atom is 0.410 e. The molecule has 0 aliphatic carbocycles. The zero-order valence-corrected chi connectivity index (χ0v) is 34.1. The number of hydrogen-bond donors (Lipinski definition) is 3. The number of rotatable bonds is 18. The SMILES string of the molecule is CSCC[C@H](NC(=O)c1cccc2c1CCN(C(=O)OC(C)(C)C)C2)C(=O)CCC(=O)N[C@@H](CCCCNC(=O)OCc1ccccc1)C(=O)OC(C)(C)C. The van der Waals surface area contributed by atoms with Gasteiger partial charge in [-0.05, 0) is 108 Å². The summed E-state index contributed by atoms with van der Waals surface area (Å²) in [6.45, 7) is 11.8. The number of Topliss-reactive ketones (excluding diaryl/α,β-unsaturated/α-hetero) is 1. The number of ketones is 1. The maximum absolute atomic E-state index is 13.6. The van der Waals surface area contributed by atoms with Crippen molar-refractivity contribution in [1.82, 2.24) is 20.9 Å². The molecule has 55 heavy (non-hydrogen) atoms. The van der Waals surface area contributed by atoms with E-state index < -0.39 is 53.3 Å². The van der Waals surface area contributed by atoms with Gasteiger partial charge < -0.3 is 35.1 Å². The van der Waals surface area contributed by atoms with Crippen LogP contribution in [0, 0.1) is 0 Å². The van der Waals surface area contributed by atoms with Gasteiger partial charge in [-0.1, -0.05) is 42.5 Å². The molecule has 4 amide bonds. The second-order valence-corrected chi connectivity index (χ2v) is 16.5. The summed E-state index contributed by atoms with van der Waals surface area (Å²) in [7, 11) is 0. The topological polar surface area (TPSA) is 169 Å². The third-order valence-electron chi connectivity index (χ3n) is 8.49. The van der Waals surface area contributed by atoms with Gasteiger partial charge in [0.15, 0.2) is 5.78 Å². The van der Waals surface area contributed by atoms with E-state index in [4.69, 9.17) is 14.2 Å². The number of benzene rings is 2. The molecule has 1 heterocycles. The Balaban J connectivity index is 1.55. The molecule has 0 saturated heterocycles. The minimum absolute atomic E-state index is 0.140. The molecule has 0 radical (unpaired) electrons. The standard InChI is InChI=1S/C41H58N4O9S/c1-40(2,3)53-37(49)33(18-11-12-23-42-38(50)52-27-28-14-9-8-10-15-28)43-35(47)20-19-34(46)32(22-25-55-7)44-36(48)31-17-13-16-29-26-45(24-21-30(29)31)39(51)54-41(4,5)6/h8-10,13-17,32-33H,11-12,18-27H2,1-7H3,(H,42,50)(H,43,47)(H,44,48)/t32-,33-/m0/s1. The fourth-order valence-corrected chi connectivity index (χ4v) is 6.30. The van der Waals surface area contributed by atoms with Gasteiger partial charge in [0.25, 0.3) is 5.91 Å². The molecule has 0 bridgehead atoms. The molecule has 2 aromatic rings. The molecule has 0 aromatic heterocycles. The van der Waals surface area contributed by atoms with Crippen LogP contribution in [0.2, 0.25) is 0 Å². The Morgan fingerprint density at radius 1 is 0.818 bits per heavy atom. The lowest BCUT2D eigenvalue weighted by atomic mass is 9.93. The van der Waals surface area contributed by atoms with Gasteiger partial charge in [-0.15, -0.1) is 0 Å². The predicted molar refractivity (Wildman–Crippen MR) is 212 cm³/mol. The molecule has 302 valence electrons. The van der Waals surface area contributed by atoms with Crippen LogP contribution in [0.15, 0.2) is 48.5 Å². The van der Waals surface area contributed by atoms with Crippen molar-refractivity contribution < 1.29 is 43.0 Å². The molecule has 0 spiro atoms. The number of amides is 4. The lowest BCUT2D eigenvalue weighted by molar-refractivity contribution is -0.158. The number of esters is 1. The Hall–Kier alpha value is -4.59. The summed E-state index contributed by atoms with van der Waals surface area (Å²) in [5.74, 6) is -1.16. The molecule has 0 saturated carbocycles. The highest BCUT2D eigenvalue weighted by Crippen LogP contribution is 2.25. The van der Waals surface area contributed by atoms with Crippen molar-refractivity contribution in [3.05, 3.63) is 70.8 Å². The fourth-order valence-electron chi connectivity index (χ4n) is 5.83. The third-order valence-corrected chi connectivity index (χ3v) is 9.14. The number of fused-ring (bicyclic) bond motifs is 1. The number of hydrogen-bond acceptors (Lipinski definition) is 10. The lowest BCUT2D eigenvalue weighted by Gasteiger charge is -2.32. The van der Waals surface area contributed by atoms with E-state index in [0.29, 0.717) is 56.6 Å². The van der Waals surface area contributed by atoms with Crippen LogP contribution in [0.4, 0.5) is 9.59 Å². The molecule has 0 fully saturated rings. The number of unbranched alkanes of at least 4 members (excludes halogenated alkanes) is 1. The summed E-state index contributed by atoms with van der Waals surface area (Å²) in [6, 6.07) is 12.9. The van der Waals surface area contributed by atoms with Crippen LogP contribution in [0.5, 0.6) is 0 Å². The summed E-state index contributed by atoms with van der Waals surface area (Å²) in [6.07, 6.45) is 2.74. The van der Waals surface area contributed by atoms with Crippen molar-refractivity contribution in [3.63, 3.8) is 0 Å². The smallest absolute Gasteiger partial charge is 0.410 e. The first-order valence-electron chi connectivity index (χ1n) is 18.8. The highest BCUT2D eigenvalue weighted by Gasteiger charge is 2.30. The summed E-state index contributed by atoms with van der Waals surface area (Å²) < 4.78 is 16.3. The predicted octanol–water partition coefficient (Wildman–Crippen LogP) is 6.10. The number of carbonyl (C=O) groups excluding carboxylic acids is 6. The molecule has 3 rings (SSSR count). The van der Waals surface area contributed by atoms with Crippen molar-refractivity contribution in [2.45, 2.75) is 123 Å². The first kappa shape index (κ1) is 44.8. The molecule has 3 N–H and O–H groups in total. The minimum Gasteiger partial charge on any atom is -0.458 e. The molecule has 0 unspecified atom stereocenters. The highest BCUT2D eigenvalue weighted by atomic mass is 32.2. The van der Waals surface area contributed by atoms with Crippen LogP contribution in [0.25, 0.3) is 0 Å². The minimum atomic E-state index is -0.950. The second-order valence-electron chi connectivity index (χ2n) is 15.5. The highest BCUT2D eigenvalue weighted by molar-refractivity contribution is 7.98. The van der Waals surface area contributed by atoms with E-state index in [9.17, 15) is 28.8 Å². The molecular weight excluding hydrogens is 725 g/mol. The van der Waals surface area contributed by atoms with Crippen molar-refractivity contribution in [3.8, 4) is 0 Å². The molecule has 13 nitrogen and oxygen atoms in total. The molecule has 1 aliphatic rings. The van der Waals surface area contributed by atoms with E-state index in [2.05, 4.69) is 16.0 Å². The van der Waals surface area contributed by atoms with Crippen LogP contribution in [0.3, 0.4) is 0 Å². The van der Waals surface area contributed by atoms with Crippen LogP contribution >= 0.6 is 11.8 Å². The summed E-state index contributed by atoms with van der Waals surface area (Å²) in [4.78, 5) is 79.6. The van der Waals surface area contributed by atoms with Gasteiger partial charge in [0.1, 0.15) is 23.9 Å². The number of alkyl carbamates (subject to hydrolysis) is 1. The van der Waals surface area contributed by atoms with E-state index in [-0.39, 0.29) is 31.7 Å². The van der Waals surface area contributed by atoms with Crippen molar-refractivity contribution >= 4 is 47.5 Å². The van der Waals surface area contributed by atoms with Crippen LogP contribution in [-0.2, 0) is 48.2 Å². The van der Waals surface area contributed by atoms with E-state index in [1.807, 2.05) is 63.4 Å². The first-order valence-corrected chi connectivity index (χ1v) is 20.2. The maximum atomic E-state index is 13.6. The third kappa shape index (κ3) is 16.4. The van der Waals surface area contributed by atoms with Gasteiger partial charge in [-0.25, -0.2) is 14.4 Å². The normalized spacial score (nSPS) is 13.8. The number of nitrogens with zero attached hydrogens (tertiary/aromatic N) is 1. The van der Waals surface area contributed by atoms with Gasteiger partial charge in [-0.2, -0.15) is 11.8 Å². The number of nitrogens with one attached hydrogen (secondary N) is 3. The van der Waals surface area contributed by atoms with E-state index in [0.717, 1.165) is 16.7 Å². The molecule has 2 aromatic carbocycles. The van der Waals surface area contributed by atoms with Crippen molar-refractivity contribution in [2.24, 2.45) is 0 Å². The summed E-state index contributed by atoms with van der Waals surface area (Å²) in [5.41, 5.74) is 1.57. The van der Waals surface area contributed by atoms with Gasteiger partial charge in [0.2, 0.25) is 5.91 Å². The van der Waals surface area contributed by atoms with Gasteiger partial charge >= 0.3 is 18.2 Å². The largest absolute Gasteiger partial charge is 0.458 e. The van der Waals surface area contributed by atoms with Crippen molar-refractivity contribution in [1.29, 1.82) is 0 Å². The van der Waals surface area contributed by atoms with Gasteiger partial charge in [0.05, 0.1) is 6.04 Å². The quantitative estimate of drug-likeness (QED) is 0.0912. The Bertz CT molecular complexity index is 1620. The van der Waals surface area contributed by atoms with Crippen molar-refractivity contribution in [2.75, 3.05) is 25.1 Å². The average Bonchev–Trinajstić information content (AvgIpc) is 3.12. The lowest BCUT2D eigenvalue weighted by Crippen LogP contribution is -2.45. The second kappa shape index (κ2) is 21.5. The molecule has 14 heteroatoms. The Labute approximate surface area is 329 Å². The number of ether oxygens (including phenoxy) is 3. The number of thioether (sulfide) groups is 1. The monoisotopic (exact) mass is 782 g/mol. The summed E-state index contributed by atoms with van der Waals surface area (Å²) in [5, 5.41) is 8.33. The van der Waals surface area contributed by atoms with Crippen LogP contribution in [0.1, 0.15) is 107 Å². The summed E-state index contributed by atoms with van der Waals surface area (Å²) >= 11 is 1.54. The van der Waals surface area contributed by atoms with E-state index >= 15 is 0 Å².